The third-order valence-corrected chi connectivity index (χ3v) is 6.35. The summed E-state index contributed by atoms with van der Waals surface area (Å²) in [6.07, 6.45) is 0.856. The van der Waals surface area contributed by atoms with Crippen LogP contribution in [-0.4, -0.2) is 48.2 Å². The number of nitrogens with zero attached hydrogens (tertiary/aromatic N) is 4. The third-order valence-electron chi connectivity index (χ3n) is 5.17. The highest BCUT2D eigenvalue weighted by molar-refractivity contribution is 7.18. The van der Waals surface area contributed by atoms with Gasteiger partial charge in [0.25, 0.3) is 0 Å². The Bertz CT molecular complexity index is 982. The second-order valence-corrected chi connectivity index (χ2v) is 8.78. The van der Waals surface area contributed by atoms with Gasteiger partial charge in [-0.1, -0.05) is 18.5 Å². The maximum atomic E-state index is 6.19. The highest BCUT2D eigenvalue weighted by Gasteiger charge is 2.22. The number of ether oxygens (including phenoxy) is 1. The van der Waals surface area contributed by atoms with E-state index in [9.17, 15) is 0 Å². The Balaban J connectivity index is 1.50. The Hall–Kier alpha value is -1.89. The molecule has 1 aliphatic heterocycles. The first-order valence-electron chi connectivity index (χ1n) is 9.64. The van der Waals surface area contributed by atoms with E-state index in [-0.39, 0.29) is 0 Å². The molecule has 0 atom stereocenters. The van der Waals surface area contributed by atoms with Gasteiger partial charge in [-0.05, 0) is 31.2 Å². The summed E-state index contributed by atoms with van der Waals surface area (Å²) in [5.74, 6) is 2.91. The number of methoxy groups -OCH3 is 1. The van der Waals surface area contributed by atoms with E-state index in [1.165, 1.54) is 10.3 Å². The summed E-state index contributed by atoms with van der Waals surface area (Å²) in [4.78, 5) is 16.8. The Labute approximate surface area is 174 Å². The van der Waals surface area contributed by atoms with E-state index in [0.717, 1.165) is 72.0 Å². The SMILES string of the molecule is CCc1nc(N2CCN(Cc3cc(Cl)ccc3OC)CC2)c2cc(C)sc2n1. The van der Waals surface area contributed by atoms with Crippen LogP contribution in [0.3, 0.4) is 0 Å². The second-order valence-electron chi connectivity index (χ2n) is 7.11. The number of aryl methyl sites for hydroxylation is 2. The summed E-state index contributed by atoms with van der Waals surface area (Å²) in [5, 5.41) is 1.93. The van der Waals surface area contributed by atoms with E-state index >= 15 is 0 Å². The quantitative estimate of drug-likeness (QED) is 0.610. The van der Waals surface area contributed by atoms with Gasteiger partial charge in [0.05, 0.1) is 12.5 Å². The van der Waals surface area contributed by atoms with Crippen LogP contribution >= 0.6 is 22.9 Å². The maximum absolute atomic E-state index is 6.19. The number of hydrogen-bond donors (Lipinski definition) is 0. The molecule has 148 valence electrons. The molecule has 0 saturated carbocycles. The zero-order chi connectivity index (χ0) is 19.7. The molecule has 2 aromatic heterocycles. The fourth-order valence-corrected chi connectivity index (χ4v) is 4.79. The van der Waals surface area contributed by atoms with Gasteiger partial charge in [-0.2, -0.15) is 0 Å². The summed E-state index contributed by atoms with van der Waals surface area (Å²) >= 11 is 7.94. The van der Waals surface area contributed by atoms with Crippen molar-refractivity contribution in [3.8, 4) is 5.75 Å². The topological polar surface area (TPSA) is 41.5 Å². The predicted molar refractivity (Wildman–Crippen MR) is 117 cm³/mol. The van der Waals surface area contributed by atoms with E-state index in [1.54, 1.807) is 18.4 Å². The lowest BCUT2D eigenvalue weighted by molar-refractivity contribution is 0.245. The van der Waals surface area contributed by atoms with Gasteiger partial charge in [0, 0.05) is 54.6 Å². The summed E-state index contributed by atoms with van der Waals surface area (Å²) in [6, 6.07) is 8.04. The smallest absolute Gasteiger partial charge is 0.141 e. The van der Waals surface area contributed by atoms with Crippen molar-refractivity contribution in [1.29, 1.82) is 0 Å². The summed E-state index contributed by atoms with van der Waals surface area (Å²) in [7, 11) is 1.71. The van der Waals surface area contributed by atoms with Crippen LogP contribution in [0, 0.1) is 6.92 Å². The number of hydrogen-bond acceptors (Lipinski definition) is 6. The highest BCUT2D eigenvalue weighted by Crippen LogP contribution is 2.32. The fraction of sp³-hybridized carbons (Fsp3) is 0.429. The van der Waals surface area contributed by atoms with Crippen molar-refractivity contribution in [1.82, 2.24) is 14.9 Å². The number of rotatable bonds is 5. The van der Waals surface area contributed by atoms with Crippen LogP contribution in [0.2, 0.25) is 5.02 Å². The molecule has 1 saturated heterocycles. The number of benzene rings is 1. The molecule has 1 fully saturated rings. The molecule has 0 spiro atoms. The molecule has 7 heteroatoms. The second kappa shape index (κ2) is 8.23. The number of aromatic nitrogens is 2. The van der Waals surface area contributed by atoms with Gasteiger partial charge in [0.1, 0.15) is 22.2 Å². The van der Waals surface area contributed by atoms with Crippen molar-refractivity contribution in [2.24, 2.45) is 0 Å². The summed E-state index contributed by atoms with van der Waals surface area (Å²) in [5.41, 5.74) is 1.13. The summed E-state index contributed by atoms with van der Waals surface area (Å²) < 4.78 is 5.50. The molecule has 0 radical (unpaired) electrons. The molecule has 5 nitrogen and oxygen atoms in total. The molecule has 3 aromatic rings. The normalized spacial score (nSPS) is 15.4. The van der Waals surface area contributed by atoms with Crippen LogP contribution < -0.4 is 9.64 Å². The van der Waals surface area contributed by atoms with E-state index in [4.69, 9.17) is 26.3 Å². The molecule has 4 rings (SSSR count). The molecule has 0 amide bonds. The lowest BCUT2D eigenvalue weighted by atomic mass is 10.1. The first kappa shape index (κ1) is 19.4. The largest absolute Gasteiger partial charge is 0.496 e. The van der Waals surface area contributed by atoms with Crippen molar-refractivity contribution in [3.63, 3.8) is 0 Å². The Morgan fingerprint density at radius 1 is 1.14 bits per heavy atom. The van der Waals surface area contributed by atoms with Gasteiger partial charge < -0.3 is 9.64 Å². The fourth-order valence-electron chi connectivity index (χ4n) is 3.70. The monoisotopic (exact) mass is 416 g/mol. The van der Waals surface area contributed by atoms with Gasteiger partial charge in [-0.15, -0.1) is 11.3 Å². The first-order chi connectivity index (χ1) is 13.6. The van der Waals surface area contributed by atoms with E-state index in [2.05, 4.69) is 29.7 Å². The van der Waals surface area contributed by atoms with Crippen LogP contribution in [0.25, 0.3) is 10.2 Å². The van der Waals surface area contributed by atoms with Crippen molar-refractivity contribution in [3.05, 3.63) is 45.6 Å². The number of thiophene rings is 1. The third kappa shape index (κ3) is 3.95. The molecule has 3 heterocycles. The zero-order valence-electron chi connectivity index (χ0n) is 16.5. The van der Waals surface area contributed by atoms with Gasteiger partial charge in [-0.3, -0.25) is 4.90 Å². The van der Waals surface area contributed by atoms with E-state index in [0.29, 0.717) is 0 Å². The molecular weight excluding hydrogens is 392 g/mol. The summed E-state index contributed by atoms with van der Waals surface area (Å²) in [6.45, 7) is 8.95. The van der Waals surface area contributed by atoms with Crippen LogP contribution in [-0.2, 0) is 13.0 Å². The minimum absolute atomic E-state index is 0.748. The Morgan fingerprint density at radius 2 is 1.93 bits per heavy atom. The molecule has 1 aliphatic rings. The number of piperazine rings is 1. The average molecular weight is 417 g/mol. The van der Waals surface area contributed by atoms with Gasteiger partial charge in [-0.25, -0.2) is 9.97 Å². The van der Waals surface area contributed by atoms with Gasteiger partial charge in [0.2, 0.25) is 0 Å². The van der Waals surface area contributed by atoms with Gasteiger partial charge >= 0.3 is 0 Å². The van der Waals surface area contributed by atoms with Crippen molar-refractivity contribution >= 4 is 39.0 Å². The van der Waals surface area contributed by atoms with Crippen LogP contribution in [0.15, 0.2) is 24.3 Å². The molecular formula is C21H25ClN4OS. The Kier molecular flexibility index (Phi) is 5.71. The molecule has 0 N–H and O–H groups in total. The lowest BCUT2D eigenvalue weighted by Gasteiger charge is -2.36. The molecule has 0 unspecified atom stereocenters. The molecule has 0 bridgehead atoms. The molecule has 0 aliphatic carbocycles. The van der Waals surface area contributed by atoms with E-state index < -0.39 is 0 Å². The number of halogens is 1. The maximum Gasteiger partial charge on any atom is 0.141 e. The highest BCUT2D eigenvalue weighted by atomic mass is 35.5. The first-order valence-corrected chi connectivity index (χ1v) is 10.8. The van der Waals surface area contributed by atoms with Crippen LogP contribution in [0.1, 0.15) is 23.2 Å². The van der Waals surface area contributed by atoms with Crippen LogP contribution in [0.5, 0.6) is 5.75 Å². The molecule has 1 aromatic carbocycles. The van der Waals surface area contributed by atoms with Crippen molar-refractivity contribution < 1.29 is 4.74 Å². The average Bonchev–Trinajstić information content (AvgIpc) is 3.08. The Morgan fingerprint density at radius 3 is 2.64 bits per heavy atom. The lowest BCUT2D eigenvalue weighted by Crippen LogP contribution is -2.46. The zero-order valence-corrected chi connectivity index (χ0v) is 18.1. The van der Waals surface area contributed by atoms with Gasteiger partial charge in [0.15, 0.2) is 0 Å². The van der Waals surface area contributed by atoms with Crippen LogP contribution in [0.4, 0.5) is 5.82 Å². The predicted octanol–water partition coefficient (Wildman–Crippen LogP) is 4.55. The minimum atomic E-state index is 0.748. The van der Waals surface area contributed by atoms with E-state index in [1.807, 2.05) is 18.2 Å². The number of fused-ring (bicyclic) bond motifs is 1. The van der Waals surface area contributed by atoms with Crippen molar-refractivity contribution in [2.45, 2.75) is 26.8 Å². The molecule has 28 heavy (non-hydrogen) atoms. The van der Waals surface area contributed by atoms with Crippen molar-refractivity contribution in [2.75, 3.05) is 38.2 Å². The standard InChI is InChI=1S/C21H25ClN4OS/c1-4-19-23-20(17-11-14(2)28-21(17)24-19)26-9-7-25(8-10-26)13-15-12-16(22)5-6-18(15)27-3/h5-6,11-12H,4,7-10,13H2,1-3H3. The minimum Gasteiger partial charge on any atom is -0.496 e. The number of anilines is 1.